The zero-order valence-corrected chi connectivity index (χ0v) is 5.27. The van der Waals surface area contributed by atoms with E-state index in [-0.39, 0.29) is 0 Å². The van der Waals surface area contributed by atoms with E-state index in [9.17, 15) is 0 Å². The van der Waals surface area contributed by atoms with Gasteiger partial charge in [-0.25, -0.2) is 5.90 Å². The van der Waals surface area contributed by atoms with Crippen molar-refractivity contribution in [3.8, 4) is 0 Å². The summed E-state index contributed by atoms with van der Waals surface area (Å²) in [6, 6.07) is 3.25. The van der Waals surface area contributed by atoms with Crippen LogP contribution in [0.2, 0.25) is 0 Å². The molecule has 0 aliphatic carbocycles. The van der Waals surface area contributed by atoms with Gasteiger partial charge in [0.15, 0.2) is 0 Å². The summed E-state index contributed by atoms with van der Waals surface area (Å²) in [5.74, 6) is 4.73. The summed E-state index contributed by atoms with van der Waals surface area (Å²) >= 11 is 0. The second-order valence-electron chi connectivity index (χ2n) is 1.77. The standard InChI is InChI=1S/C5H7BN2O2/c7-10-6(9)5-1-3-8-4-2-5/h1-4,9H,7H2. The Morgan fingerprint density at radius 3 is 2.60 bits per heavy atom. The molecule has 0 bridgehead atoms. The van der Waals surface area contributed by atoms with Crippen LogP contribution in [0.4, 0.5) is 0 Å². The Kier molecular flexibility index (Phi) is 2.38. The molecule has 1 aromatic heterocycles. The first-order valence-corrected chi connectivity index (χ1v) is 2.78. The summed E-state index contributed by atoms with van der Waals surface area (Å²) in [6.45, 7) is 0. The van der Waals surface area contributed by atoms with Crippen molar-refractivity contribution in [1.82, 2.24) is 4.98 Å². The second kappa shape index (κ2) is 3.31. The molecule has 0 radical (unpaired) electrons. The molecular formula is C5H7BN2O2. The van der Waals surface area contributed by atoms with Crippen molar-refractivity contribution in [2.24, 2.45) is 5.90 Å². The average Bonchev–Trinajstić information content (AvgIpc) is 2.05. The molecule has 0 unspecified atom stereocenters. The lowest BCUT2D eigenvalue weighted by atomic mass is 9.81. The van der Waals surface area contributed by atoms with E-state index >= 15 is 0 Å². The molecule has 1 rings (SSSR count). The number of hydrogen-bond acceptors (Lipinski definition) is 4. The molecule has 4 nitrogen and oxygen atoms in total. The van der Waals surface area contributed by atoms with Crippen molar-refractivity contribution in [1.29, 1.82) is 0 Å². The minimum Gasteiger partial charge on any atom is -0.422 e. The largest absolute Gasteiger partial charge is 0.508 e. The van der Waals surface area contributed by atoms with Gasteiger partial charge >= 0.3 is 7.12 Å². The van der Waals surface area contributed by atoms with E-state index in [1.807, 2.05) is 0 Å². The molecule has 0 amide bonds. The highest BCUT2D eigenvalue weighted by Gasteiger charge is 2.13. The SMILES string of the molecule is NOB(O)c1ccncc1. The number of hydrogen-bond donors (Lipinski definition) is 2. The third-order valence-electron chi connectivity index (χ3n) is 1.12. The lowest BCUT2D eigenvalue weighted by molar-refractivity contribution is 0.281. The molecule has 0 aromatic carbocycles. The Hall–Kier alpha value is -0.905. The van der Waals surface area contributed by atoms with Gasteiger partial charge < -0.3 is 9.78 Å². The molecule has 0 atom stereocenters. The Morgan fingerprint density at radius 1 is 1.50 bits per heavy atom. The summed E-state index contributed by atoms with van der Waals surface area (Å²) in [6.07, 6.45) is 3.11. The zero-order chi connectivity index (χ0) is 7.40. The molecular weight excluding hydrogens is 131 g/mol. The van der Waals surface area contributed by atoms with E-state index in [2.05, 4.69) is 9.74 Å². The van der Waals surface area contributed by atoms with Crippen LogP contribution in [-0.4, -0.2) is 17.1 Å². The normalized spacial score (nSPS) is 9.40. The van der Waals surface area contributed by atoms with Crippen LogP contribution >= 0.6 is 0 Å². The first kappa shape index (κ1) is 7.20. The summed E-state index contributed by atoms with van der Waals surface area (Å²) in [5, 5.41) is 8.95. The van der Waals surface area contributed by atoms with Crippen molar-refractivity contribution >= 4 is 12.6 Å². The number of pyridine rings is 1. The van der Waals surface area contributed by atoms with Crippen molar-refractivity contribution in [2.75, 3.05) is 0 Å². The summed E-state index contributed by atoms with van der Waals surface area (Å²) in [4.78, 5) is 3.75. The predicted octanol–water partition coefficient (Wildman–Crippen LogP) is -1.34. The number of nitrogens with two attached hydrogens (primary N) is 1. The Balaban J connectivity index is 2.75. The van der Waals surface area contributed by atoms with Gasteiger partial charge in [-0.3, -0.25) is 4.98 Å². The second-order valence-corrected chi connectivity index (χ2v) is 1.77. The van der Waals surface area contributed by atoms with Gasteiger partial charge in [0.25, 0.3) is 0 Å². The van der Waals surface area contributed by atoms with Gasteiger partial charge in [-0.15, -0.1) is 0 Å². The lowest BCUT2D eigenvalue weighted by Crippen LogP contribution is -2.35. The van der Waals surface area contributed by atoms with Gasteiger partial charge in [-0.2, -0.15) is 0 Å². The van der Waals surface area contributed by atoms with Gasteiger partial charge in [-0.1, -0.05) is 0 Å². The lowest BCUT2D eigenvalue weighted by Gasteiger charge is -1.99. The van der Waals surface area contributed by atoms with Gasteiger partial charge in [0, 0.05) is 12.4 Å². The van der Waals surface area contributed by atoms with Crippen molar-refractivity contribution in [3.05, 3.63) is 24.5 Å². The molecule has 0 saturated carbocycles. The Morgan fingerprint density at radius 2 is 2.10 bits per heavy atom. The van der Waals surface area contributed by atoms with Crippen molar-refractivity contribution in [3.63, 3.8) is 0 Å². The minimum absolute atomic E-state index is 0.595. The van der Waals surface area contributed by atoms with Gasteiger partial charge in [0.2, 0.25) is 0 Å². The maximum atomic E-state index is 8.95. The summed E-state index contributed by atoms with van der Waals surface area (Å²) in [7, 11) is -1.05. The fourth-order valence-electron chi connectivity index (χ4n) is 0.607. The Labute approximate surface area is 58.7 Å². The third-order valence-corrected chi connectivity index (χ3v) is 1.12. The van der Waals surface area contributed by atoms with Crippen LogP contribution in [-0.2, 0) is 4.76 Å². The molecule has 52 valence electrons. The van der Waals surface area contributed by atoms with E-state index in [4.69, 9.17) is 10.9 Å². The van der Waals surface area contributed by atoms with Crippen LogP contribution in [0, 0.1) is 0 Å². The Bertz CT molecular complexity index is 194. The van der Waals surface area contributed by atoms with Crippen LogP contribution < -0.4 is 11.4 Å². The molecule has 5 heteroatoms. The molecule has 0 saturated heterocycles. The third kappa shape index (κ3) is 1.54. The molecule has 1 aromatic rings. The van der Waals surface area contributed by atoms with E-state index in [0.29, 0.717) is 5.46 Å². The molecule has 10 heavy (non-hydrogen) atoms. The first-order chi connectivity index (χ1) is 4.84. The average molecular weight is 138 g/mol. The topological polar surface area (TPSA) is 68.4 Å². The quantitative estimate of drug-likeness (QED) is 0.392. The highest BCUT2D eigenvalue weighted by Crippen LogP contribution is 1.80. The molecule has 0 fully saturated rings. The summed E-state index contributed by atoms with van der Waals surface area (Å²) < 4.78 is 4.16. The monoisotopic (exact) mass is 138 g/mol. The minimum atomic E-state index is -1.05. The fourth-order valence-corrected chi connectivity index (χ4v) is 0.607. The van der Waals surface area contributed by atoms with E-state index in [1.165, 1.54) is 0 Å². The highest BCUT2D eigenvalue weighted by molar-refractivity contribution is 6.59. The molecule has 0 spiro atoms. The van der Waals surface area contributed by atoms with Crippen molar-refractivity contribution in [2.45, 2.75) is 0 Å². The number of nitrogens with zero attached hydrogens (tertiary/aromatic N) is 1. The first-order valence-electron chi connectivity index (χ1n) is 2.78. The molecule has 0 aliphatic rings. The maximum absolute atomic E-state index is 8.95. The molecule has 1 heterocycles. The zero-order valence-electron chi connectivity index (χ0n) is 5.27. The molecule has 3 N–H and O–H groups in total. The summed E-state index contributed by atoms with van der Waals surface area (Å²) in [5.41, 5.74) is 0.595. The number of rotatable bonds is 2. The molecule has 0 aliphatic heterocycles. The van der Waals surface area contributed by atoms with E-state index < -0.39 is 7.12 Å². The number of aromatic nitrogens is 1. The van der Waals surface area contributed by atoms with Gasteiger partial charge in [-0.05, 0) is 17.6 Å². The smallest absolute Gasteiger partial charge is 0.422 e. The van der Waals surface area contributed by atoms with Crippen LogP contribution in [0.3, 0.4) is 0 Å². The van der Waals surface area contributed by atoms with E-state index in [1.54, 1.807) is 24.5 Å². The van der Waals surface area contributed by atoms with Crippen LogP contribution in [0.25, 0.3) is 0 Å². The van der Waals surface area contributed by atoms with Crippen LogP contribution in [0.15, 0.2) is 24.5 Å². The maximum Gasteiger partial charge on any atom is 0.508 e. The van der Waals surface area contributed by atoms with Gasteiger partial charge in [0.05, 0.1) is 0 Å². The fraction of sp³-hybridized carbons (Fsp3) is 0. The van der Waals surface area contributed by atoms with Crippen LogP contribution in [0.1, 0.15) is 0 Å². The predicted molar refractivity (Wildman–Crippen MR) is 37.1 cm³/mol. The van der Waals surface area contributed by atoms with Crippen LogP contribution in [0.5, 0.6) is 0 Å². The highest BCUT2D eigenvalue weighted by atomic mass is 16.6. The van der Waals surface area contributed by atoms with Gasteiger partial charge in [0.1, 0.15) is 0 Å². The van der Waals surface area contributed by atoms with Crippen molar-refractivity contribution < 1.29 is 9.78 Å². The van der Waals surface area contributed by atoms with E-state index in [0.717, 1.165) is 0 Å².